The van der Waals surface area contributed by atoms with E-state index in [1.165, 1.54) is 0 Å². The van der Waals surface area contributed by atoms with Gasteiger partial charge in [0, 0.05) is 6.42 Å². The Hall–Kier alpha value is -2.15. The van der Waals surface area contributed by atoms with E-state index in [0.29, 0.717) is 16.3 Å². The first-order chi connectivity index (χ1) is 10.5. The average molecular weight is 320 g/mol. The molecule has 0 aliphatic rings. The Morgan fingerprint density at radius 1 is 1.41 bits per heavy atom. The second-order valence-electron chi connectivity index (χ2n) is 4.93. The fourth-order valence-corrected chi connectivity index (χ4v) is 2.11. The summed E-state index contributed by atoms with van der Waals surface area (Å²) in [5.41, 5.74) is 0.887. The number of hydrogen-bond donors (Lipinski definition) is 1. The Kier molecular flexibility index (Phi) is 5.32. The number of H-pyrrole nitrogens is 1. The molecule has 118 valence electrons. The molecule has 0 amide bonds. The number of aromatic amines is 1. The first-order valence-electron chi connectivity index (χ1n) is 7.10. The van der Waals surface area contributed by atoms with Gasteiger partial charge in [-0.15, -0.1) is 0 Å². The van der Waals surface area contributed by atoms with Gasteiger partial charge in [-0.3, -0.25) is 5.10 Å². The van der Waals surface area contributed by atoms with Gasteiger partial charge in [0.05, 0.1) is 19.4 Å². The zero-order chi connectivity index (χ0) is 16.1. The molecule has 2 rings (SSSR count). The van der Waals surface area contributed by atoms with Crippen LogP contribution in [0.2, 0.25) is 0 Å². The molecule has 0 bridgehead atoms. The Balaban J connectivity index is 2.28. The minimum atomic E-state index is 0.0878. The quantitative estimate of drug-likeness (QED) is 0.656. The van der Waals surface area contributed by atoms with Crippen molar-refractivity contribution in [1.82, 2.24) is 14.9 Å². The van der Waals surface area contributed by atoms with Gasteiger partial charge in [-0.05, 0) is 49.8 Å². The third-order valence-electron chi connectivity index (χ3n) is 2.91. The molecule has 1 heterocycles. The van der Waals surface area contributed by atoms with Crippen LogP contribution in [0.3, 0.4) is 0 Å². The number of rotatable bonds is 6. The van der Waals surface area contributed by atoms with Crippen molar-refractivity contribution in [1.29, 1.82) is 0 Å². The summed E-state index contributed by atoms with van der Waals surface area (Å²) in [6.45, 7) is 5.95. The normalized spacial score (nSPS) is 11.3. The number of hydrogen-bond acceptors (Lipinski definition) is 5. The topological polar surface area (TPSA) is 64.4 Å². The maximum Gasteiger partial charge on any atom is 0.216 e. The molecular formula is C15H20N4O2S. The van der Waals surface area contributed by atoms with E-state index in [9.17, 15) is 0 Å². The van der Waals surface area contributed by atoms with Gasteiger partial charge in [-0.25, -0.2) is 0 Å². The molecule has 0 aliphatic heterocycles. The van der Waals surface area contributed by atoms with Gasteiger partial charge in [0.2, 0.25) is 4.77 Å². The minimum absolute atomic E-state index is 0.0878. The van der Waals surface area contributed by atoms with Crippen LogP contribution in [-0.4, -0.2) is 34.3 Å². The summed E-state index contributed by atoms with van der Waals surface area (Å²) in [7, 11) is 1.62. The molecule has 0 spiro atoms. The second kappa shape index (κ2) is 7.22. The Morgan fingerprint density at radius 3 is 2.82 bits per heavy atom. The zero-order valence-corrected chi connectivity index (χ0v) is 14.0. The van der Waals surface area contributed by atoms with Crippen molar-refractivity contribution in [3.63, 3.8) is 0 Å². The largest absolute Gasteiger partial charge is 0.493 e. The molecule has 1 aromatic carbocycles. The number of aromatic nitrogens is 3. The van der Waals surface area contributed by atoms with E-state index in [-0.39, 0.29) is 6.10 Å². The highest BCUT2D eigenvalue weighted by molar-refractivity contribution is 7.71. The molecule has 0 saturated carbocycles. The predicted molar refractivity (Wildman–Crippen MR) is 88.5 cm³/mol. The number of nitrogens with one attached hydrogen (secondary N) is 1. The lowest BCUT2D eigenvalue weighted by molar-refractivity contribution is 0.230. The number of nitrogens with zero attached hydrogens (tertiary/aromatic N) is 3. The SMILES string of the molecule is CCc1n[nH]c(=S)n1/N=C/c1ccc(OC(C)C)c(OC)c1. The summed E-state index contributed by atoms with van der Waals surface area (Å²) in [6.07, 6.45) is 2.55. The van der Waals surface area contributed by atoms with Crippen molar-refractivity contribution in [3.8, 4) is 11.5 Å². The summed E-state index contributed by atoms with van der Waals surface area (Å²) in [5, 5.41) is 11.2. The molecule has 22 heavy (non-hydrogen) atoms. The summed E-state index contributed by atoms with van der Waals surface area (Å²) in [6, 6.07) is 5.66. The van der Waals surface area contributed by atoms with Crippen molar-refractivity contribution in [2.45, 2.75) is 33.3 Å². The van der Waals surface area contributed by atoms with Crippen molar-refractivity contribution in [2.24, 2.45) is 5.10 Å². The van der Waals surface area contributed by atoms with Crippen LogP contribution in [0.15, 0.2) is 23.3 Å². The first kappa shape index (κ1) is 16.2. The average Bonchev–Trinajstić information content (AvgIpc) is 2.86. The maximum absolute atomic E-state index is 5.69. The van der Waals surface area contributed by atoms with Crippen LogP contribution >= 0.6 is 12.2 Å². The molecule has 7 heteroatoms. The van der Waals surface area contributed by atoms with E-state index in [1.807, 2.05) is 39.0 Å². The van der Waals surface area contributed by atoms with E-state index >= 15 is 0 Å². The van der Waals surface area contributed by atoms with E-state index in [1.54, 1.807) is 18.0 Å². The lowest BCUT2D eigenvalue weighted by Crippen LogP contribution is -2.06. The van der Waals surface area contributed by atoms with Crippen LogP contribution in [0, 0.1) is 4.77 Å². The van der Waals surface area contributed by atoms with E-state index in [2.05, 4.69) is 15.3 Å². The monoisotopic (exact) mass is 320 g/mol. The molecule has 0 fully saturated rings. The van der Waals surface area contributed by atoms with Gasteiger partial charge in [-0.1, -0.05) is 6.92 Å². The van der Waals surface area contributed by atoms with E-state index in [0.717, 1.165) is 17.8 Å². The number of ether oxygens (including phenoxy) is 2. The fraction of sp³-hybridized carbons (Fsp3) is 0.400. The molecule has 0 aliphatic carbocycles. The van der Waals surface area contributed by atoms with Crippen LogP contribution in [0.1, 0.15) is 32.2 Å². The highest BCUT2D eigenvalue weighted by Gasteiger charge is 2.07. The highest BCUT2D eigenvalue weighted by atomic mass is 32.1. The van der Waals surface area contributed by atoms with E-state index in [4.69, 9.17) is 21.7 Å². The Morgan fingerprint density at radius 2 is 2.18 bits per heavy atom. The van der Waals surface area contributed by atoms with Gasteiger partial charge in [0.1, 0.15) is 0 Å². The van der Waals surface area contributed by atoms with Crippen LogP contribution in [0.4, 0.5) is 0 Å². The van der Waals surface area contributed by atoms with Gasteiger partial charge >= 0.3 is 0 Å². The number of aryl methyl sites for hydroxylation is 1. The molecule has 0 saturated heterocycles. The Labute approximate surface area is 134 Å². The summed E-state index contributed by atoms with van der Waals surface area (Å²) in [4.78, 5) is 0. The van der Waals surface area contributed by atoms with Crippen LogP contribution < -0.4 is 9.47 Å². The summed E-state index contributed by atoms with van der Waals surface area (Å²) >= 11 is 5.16. The molecular weight excluding hydrogens is 300 g/mol. The smallest absolute Gasteiger partial charge is 0.216 e. The molecule has 0 radical (unpaired) electrons. The molecule has 2 aromatic rings. The summed E-state index contributed by atoms with van der Waals surface area (Å²) < 4.78 is 13.1. The van der Waals surface area contributed by atoms with E-state index < -0.39 is 0 Å². The molecule has 6 nitrogen and oxygen atoms in total. The first-order valence-corrected chi connectivity index (χ1v) is 7.51. The lowest BCUT2D eigenvalue weighted by Gasteiger charge is -2.13. The zero-order valence-electron chi connectivity index (χ0n) is 13.2. The summed E-state index contributed by atoms with van der Waals surface area (Å²) in [5.74, 6) is 2.17. The lowest BCUT2D eigenvalue weighted by atomic mass is 10.2. The van der Waals surface area contributed by atoms with Crippen LogP contribution in [-0.2, 0) is 6.42 Å². The minimum Gasteiger partial charge on any atom is -0.493 e. The number of methoxy groups -OCH3 is 1. The predicted octanol–water partition coefficient (Wildman–Crippen LogP) is 3.18. The molecule has 0 atom stereocenters. The fourth-order valence-electron chi connectivity index (χ4n) is 1.91. The third-order valence-corrected chi connectivity index (χ3v) is 3.17. The molecule has 0 unspecified atom stereocenters. The van der Waals surface area contributed by atoms with Crippen molar-refractivity contribution < 1.29 is 9.47 Å². The third kappa shape index (κ3) is 3.73. The van der Waals surface area contributed by atoms with Gasteiger partial charge in [-0.2, -0.15) is 14.9 Å². The molecule has 1 aromatic heterocycles. The standard InChI is InChI=1S/C15H20N4O2S/c1-5-14-17-18-15(22)19(14)16-9-11-6-7-12(21-10(2)3)13(8-11)20-4/h6-10H,5H2,1-4H3,(H,18,22)/b16-9+. The van der Waals surface area contributed by atoms with Crippen LogP contribution in [0.5, 0.6) is 11.5 Å². The van der Waals surface area contributed by atoms with Crippen molar-refractivity contribution in [2.75, 3.05) is 7.11 Å². The number of benzene rings is 1. The highest BCUT2D eigenvalue weighted by Crippen LogP contribution is 2.28. The second-order valence-corrected chi connectivity index (χ2v) is 5.32. The van der Waals surface area contributed by atoms with Crippen molar-refractivity contribution >= 4 is 18.4 Å². The van der Waals surface area contributed by atoms with Gasteiger partial charge in [0.15, 0.2) is 17.3 Å². The van der Waals surface area contributed by atoms with Gasteiger partial charge < -0.3 is 9.47 Å². The maximum atomic E-state index is 5.69. The Bertz CT molecular complexity index is 719. The van der Waals surface area contributed by atoms with Crippen molar-refractivity contribution in [3.05, 3.63) is 34.4 Å². The molecule has 1 N–H and O–H groups in total. The van der Waals surface area contributed by atoms with Gasteiger partial charge in [0.25, 0.3) is 0 Å². The van der Waals surface area contributed by atoms with Crippen LogP contribution in [0.25, 0.3) is 0 Å².